The van der Waals surface area contributed by atoms with Crippen molar-refractivity contribution < 1.29 is 18.9 Å². The number of aromatic nitrogens is 1. The van der Waals surface area contributed by atoms with E-state index in [0.29, 0.717) is 16.9 Å². The van der Waals surface area contributed by atoms with Gasteiger partial charge in [0.25, 0.3) is 0 Å². The highest BCUT2D eigenvalue weighted by atomic mass is 32.1. The number of ether oxygens (including phenoxy) is 1. The second-order valence-corrected chi connectivity index (χ2v) is 8.85. The SMILES string of the molecule is COc1cc2occ(-c3ccc4ccccc4c3)c2cc1/C(C)=C/C(=O)Nc1ncc([N+](=O)[O-])s1. The van der Waals surface area contributed by atoms with E-state index in [1.807, 2.05) is 18.2 Å². The van der Waals surface area contributed by atoms with Gasteiger partial charge >= 0.3 is 5.00 Å². The molecule has 35 heavy (non-hydrogen) atoms. The zero-order chi connectivity index (χ0) is 24.5. The highest BCUT2D eigenvalue weighted by Gasteiger charge is 2.16. The number of thiazole rings is 1. The Balaban J connectivity index is 1.51. The van der Waals surface area contributed by atoms with Crippen LogP contribution in [0.4, 0.5) is 10.1 Å². The van der Waals surface area contributed by atoms with E-state index < -0.39 is 10.8 Å². The molecule has 0 saturated heterocycles. The molecule has 2 aromatic heterocycles. The van der Waals surface area contributed by atoms with Crippen LogP contribution < -0.4 is 10.1 Å². The second kappa shape index (κ2) is 9.03. The van der Waals surface area contributed by atoms with Crippen LogP contribution in [-0.4, -0.2) is 22.9 Å². The van der Waals surface area contributed by atoms with Crippen molar-refractivity contribution >= 4 is 54.7 Å². The Labute approximate surface area is 203 Å². The zero-order valence-corrected chi connectivity index (χ0v) is 19.6. The van der Waals surface area contributed by atoms with Gasteiger partial charge in [-0.05, 0) is 52.3 Å². The molecular formula is C26H19N3O5S. The molecule has 0 bridgehead atoms. The Bertz CT molecular complexity index is 1630. The summed E-state index contributed by atoms with van der Waals surface area (Å²) < 4.78 is 11.4. The molecule has 174 valence electrons. The third-order valence-corrected chi connectivity index (χ3v) is 6.50. The van der Waals surface area contributed by atoms with Crippen molar-refractivity contribution in [1.82, 2.24) is 4.98 Å². The van der Waals surface area contributed by atoms with Gasteiger partial charge in [-0.25, -0.2) is 4.98 Å². The lowest BCUT2D eigenvalue weighted by Crippen LogP contribution is -2.08. The third kappa shape index (κ3) is 4.36. The zero-order valence-electron chi connectivity index (χ0n) is 18.8. The molecule has 1 amide bonds. The smallest absolute Gasteiger partial charge is 0.345 e. The summed E-state index contributed by atoms with van der Waals surface area (Å²) in [6.45, 7) is 1.79. The van der Waals surface area contributed by atoms with Crippen molar-refractivity contribution in [2.75, 3.05) is 12.4 Å². The summed E-state index contributed by atoms with van der Waals surface area (Å²) in [6.07, 6.45) is 4.24. The van der Waals surface area contributed by atoms with Gasteiger partial charge < -0.3 is 9.15 Å². The predicted octanol–water partition coefficient (Wildman–Crippen LogP) is 6.67. The van der Waals surface area contributed by atoms with Crippen LogP contribution in [0.15, 0.2) is 77.6 Å². The maximum Gasteiger partial charge on any atom is 0.345 e. The van der Waals surface area contributed by atoms with E-state index in [9.17, 15) is 14.9 Å². The van der Waals surface area contributed by atoms with Crippen LogP contribution in [0.2, 0.25) is 0 Å². The Morgan fingerprint density at radius 1 is 1.17 bits per heavy atom. The molecule has 0 radical (unpaired) electrons. The minimum Gasteiger partial charge on any atom is -0.496 e. The minimum atomic E-state index is -0.549. The molecule has 0 aliphatic rings. The molecule has 9 heteroatoms. The number of benzene rings is 3. The monoisotopic (exact) mass is 485 g/mol. The summed E-state index contributed by atoms with van der Waals surface area (Å²) in [4.78, 5) is 26.7. The number of nitrogens with one attached hydrogen (secondary N) is 1. The van der Waals surface area contributed by atoms with E-state index in [0.717, 1.165) is 50.4 Å². The Hall–Kier alpha value is -4.50. The number of carbonyl (C=O) groups excluding carboxylic acids is 1. The van der Waals surface area contributed by atoms with Gasteiger partial charge in [0, 0.05) is 28.7 Å². The van der Waals surface area contributed by atoms with Crippen molar-refractivity contribution in [2.45, 2.75) is 6.92 Å². The van der Waals surface area contributed by atoms with E-state index in [4.69, 9.17) is 9.15 Å². The van der Waals surface area contributed by atoms with E-state index in [2.05, 4.69) is 40.6 Å². The number of rotatable bonds is 6. The highest BCUT2D eigenvalue weighted by molar-refractivity contribution is 7.18. The lowest BCUT2D eigenvalue weighted by molar-refractivity contribution is -0.380. The summed E-state index contributed by atoms with van der Waals surface area (Å²) in [5.41, 5.74) is 3.99. The largest absolute Gasteiger partial charge is 0.496 e. The van der Waals surface area contributed by atoms with Crippen LogP contribution in [0.5, 0.6) is 5.75 Å². The first-order valence-electron chi connectivity index (χ1n) is 10.6. The van der Waals surface area contributed by atoms with Crippen LogP contribution in [0.3, 0.4) is 0 Å². The molecule has 5 rings (SSSR count). The number of carbonyl (C=O) groups is 1. The molecule has 0 aliphatic carbocycles. The number of anilines is 1. The van der Waals surface area contributed by atoms with Crippen LogP contribution in [0.1, 0.15) is 12.5 Å². The maximum atomic E-state index is 12.6. The number of amides is 1. The van der Waals surface area contributed by atoms with E-state index in [1.54, 1.807) is 26.4 Å². The number of hydrogen-bond donors (Lipinski definition) is 1. The summed E-state index contributed by atoms with van der Waals surface area (Å²) in [5.74, 6) is 0.110. The number of nitrogens with zero attached hydrogens (tertiary/aromatic N) is 2. The van der Waals surface area contributed by atoms with Crippen molar-refractivity contribution in [3.63, 3.8) is 0 Å². The Morgan fingerprint density at radius 3 is 2.71 bits per heavy atom. The fraction of sp³-hybridized carbons (Fsp3) is 0.0769. The first-order valence-corrected chi connectivity index (χ1v) is 11.4. The van der Waals surface area contributed by atoms with Gasteiger partial charge in [0.2, 0.25) is 5.91 Å². The average molecular weight is 486 g/mol. The number of nitro groups is 1. The number of furan rings is 1. The minimum absolute atomic E-state index is 0.144. The average Bonchev–Trinajstić information content (AvgIpc) is 3.49. The number of fused-ring (bicyclic) bond motifs is 2. The van der Waals surface area contributed by atoms with Gasteiger partial charge in [-0.2, -0.15) is 0 Å². The van der Waals surface area contributed by atoms with Gasteiger partial charge in [-0.15, -0.1) is 0 Å². The van der Waals surface area contributed by atoms with Gasteiger partial charge in [0.05, 0.1) is 18.3 Å². The fourth-order valence-corrected chi connectivity index (χ4v) is 4.57. The van der Waals surface area contributed by atoms with Crippen LogP contribution >= 0.6 is 11.3 Å². The first-order chi connectivity index (χ1) is 16.9. The Kier molecular flexibility index (Phi) is 5.76. The molecular weight excluding hydrogens is 466 g/mol. The normalized spacial score (nSPS) is 11.7. The molecule has 0 saturated carbocycles. The second-order valence-electron chi connectivity index (χ2n) is 7.84. The topological polar surface area (TPSA) is 108 Å². The first kappa shape index (κ1) is 22.3. The van der Waals surface area contributed by atoms with Crippen molar-refractivity contribution in [2.24, 2.45) is 0 Å². The summed E-state index contributed by atoms with van der Waals surface area (Å²) in [7, 11) is 1.56. The lowest BCUT2D eigenvalue weighted by atomic mass is 9.97. The standard InChI is InChI=1S/C26H19N3O5S/c1-15(9-24(30)28-26-27-13-25(35-26)29(31)32)19-11-20-21(14-34-23(20)12-22(19)33-2)18-8-7-16-5-3-4-6-17(16)10-18/h3-14H,1-2H3,(H,27,28,30)/b15-9+. The highest BCUT2D eigenvalue weighted by Crippen LogP contribution is 2.38. The van der Waals surface area contributed by atoms with Gasteiger partial charge in [-0.1, -0.05) is 36.4 Å². The molecule has 0 aliphatic heterocycles. The molecule has 8 nitrogen and oxygen atoms in total. The van der Waals surface area contributed by atoms with Crippen LogP contribution in [0.25, 0.3) is 38.4 Å². The predicted molar refractivity (Wildman–Crippen MR) is 137 cm³/mol. The summed E-state index contributed by atoms with van der Waals surface area (Å²) >= 11 is 0.795. The van der Waals surface area contributed by atoms with E-state index in [-0.39, 0.29) is 10.1 Å². The Morgan fingerprint density at radius 2 is 1.97 bits per heavy atom. The van der Waals surface area contributed by atoms with Crippen LogP contribution in [-0.2, 0) is 4.79 Å². The summed E-state index contributed by atoms with van der Waals surface area (Å²) in [5, 5.41) is 16.6. The fourth-order valence-electron chi connectivity index (χ4n) is 3.94. The van der Waals surface area contributed by atoms with Gasteiger partial charge in [0.1, 0.15) is 17.5 Å². The summed E-state index contributed by atoms with van der Waals surface area (Å²) in [6, 6.07) is 18.1. The third-order valence-electron chi connectivity index (χ3n) is 5.63. The molecule has 2 heterocycles. The number of methoxy groups -OCH3 is 1. The van der Waals surface area contributed by atoms with Gasteiger partial charge in [0.15, 0.2) is 5.13 Å². The van der Waals surface area contributed by atoms with Gasteiger partial charge in [-0.3, -0.25) is 20.2 Å². The molecule has 0 fully saturated rings. The molecule has 0 atom stereocenters. The lowest BCUT2D eigenvalue weighted by Gasteiger charge is -2.10. The van der Waals surface area contributed by atoms with Crippen molar-refractivity contribution in [1.29, 1.82) is 0 Å². The molecule has 3 aromatic carbocycles. The number of allylic oxidation sites excluding steroid dienone is 1. The molecule has 1 N–H and O–H groups in total. The molecule has 0 spiro atoms. The quantitative estimate of drug-likeness (QED) is 0.164. The maximum absolute atomic E-state index is 12.6. The van der Waals surface area contributed by atoms with Crippen molar-refractivity contribution in [3.05, 3.63) is 88.8 Å². The van der Waals surface area contributed by atoms with E-state index in [1.165, 1.54) is 6.08 Å². The molecule has 0 unspecified atom stereocenters. The number of hydrogen-bond acceptors (Lipinski definition) is 7. The molecule has 5 aromatic rings. The van der Waals surface area contributed by atoms with Crippen LogP contribution in [0, 0.1) is 10.1 Å². The van der Waals surface area contributed by atoms with Crippen molar-refractivity contribution in [3.8, 4) is 16.9 Å². The van der Waals surface area contributed by atoms with E-state index >= 15 is 0 Å².